The summed E-state index contributed by atoms with van der Waals surface area (Å²) in [6.45, 7) is 0.0972. The van der Waals surface area contributed by atoms with Crippen LogP contribution >= 0.6 is 11.6 Å². The first kappa shape index (κ1) is 17.9. The van der Waals surface area contributed by atoms with E-state index in [0.29, 0.717) is 11.1 Å². The van der Waals surface area contributed by atoms with E-state index >= 15 is 0 Å². The smallest absolute Gasteiger partial charge is 0.412 e. The summed E-state index contributed by atoms with van der Waals surface area (Å²) in [6, 6.07) is 18.8. The van der Waals surface area contributed by atoms with Crippen LogP contribution in [-0.4, -0.2) is 17.7 Å². The van der Waals surface area contributed by atoms with Crippen LogP contribution in [0, 0.1) is 0 Å². The van der Waals surface area contributed by atoms with Gasteiger partial charge in [0.15, 0.2) is 11.6 Å². The van der Waals surface area contributed by atoms with Crippen LogP contribution in [0.15, 0.2) is 66.7 Å². The summed E-state index contributed by atoms with van der Waals surface area (Å²) >= 11 is 6.37. The first-order valence-electron chi connectivity index (χ1n) is 8.55. The van der Waals surface area contributed by atoms with Gasteiger partial charge in [-0.05, 0) is 17.7 Å². The van der Waals surface area contributed by atoms with Crippen molar-refractivity contribution in [3.05, 3.63) is 99.6 Å². The van der Waals surface area contributed by atoms with Gasteiger partial charge < -0.3 is 4.74 Å². The van der Waals surface area contributed by atoms with Gasteiger partial charge in [0.1, 0.15) is 6.61 Å². The maximum absolute atomic E-state index is 12.8. The number of benzene rings is 3. The SMILES string of the molecule is O=C(Nc1ccc2c(c1Cl)C(=O)c1ccccc1C2=O)OCc1ccccc1. The fourth-order valence-electron chi connectivity index (χ4n) is 3.11. The van der Waals surface area contributed by atoms with Gasteiger partial charge in [0.25, 0.3) is 0 Å². The minimum absolute atomic E-state index is 0.0158. The Labute approximate surface area is 165 Å². The lowest BCUT2D eigenvalue weighted by Crippen LogP contribution is -2.22. The minimum atomic E-state index is -0.708. The van der Waals surface area contributed by atoms with Gasteiger partial charge in [-0.15, -0.1) is 0 Å². The summed E-state index contributed by atoms with van der Waals surface area (Å²) in [5.41, 5.74) is 2.00. The first-order chi connectivity index (χ1) is 13.6. The van der Waals surface area contributed by atoms with Gasteiger partial charge in [0.05, 0.1) is 16.3 Å². The van der Waals surface area contributed by atoms with Gasteiger partial charge in [-0.3, -0.25) is 14.9 Å². The quantitative estimate of drug-likeness (QED) is 0.541. The Hall–Kier alpha value is -3.44. The number of ether oxygens (including phenoxy) is 1. The molecule has 5 nitrogen and oxygen atoms in total. The molecule has 28 heavy (non-hydrogen) atoms. The zero-order valence-electron chi connectivity index (χ0n) is 14.6. The van der Waals surface area contributed by atoms with E-state index in [4.69, 9.17) is 16.3 Å². The number of nitrogens with one attached hydrogen (secondary N) is 1. The topological polar surface area (TPSA) is 72.5 Å². The molecule has 138 valence electrons. The lowest BCUT2D eigenvalue weighted by atomic mass is 9.84. The largest absolute Gasteiger partial charge is 0.444 e. The number of rotatable bonds is 3. The van der Waals surface area contributed by atoms with E-state index in [1.807, 2.05) is 30.3 Å². The van der Waals surface area contributed by atoms with Gasteiger partial charge in [-0.1, -0.05) is 66.2 Å². The Morgan fingerprint density at radius 2 is 1.46 bits per heavy atom. The van der Waals surface area contributed by atoms with Crippen molar-refractivity contribution in [1.82, 2.24) is 0 Å². The molecule has 0 fully saturated rings. The van der Waals surface area contributed by atoms with Crippen molar-refractivity contribution in [3.8, 4) is 0 Å². The average Bonchev–Trinajstić information content (AvgIpc) is 2.72. The predicted molar refractivity (Wildman–Crippen MR) is 105 cm³/mol. The van der Waals surface area contributed by atoms with Crippen LogP contribution in [0.4, 0.5) is 10.5 Å². The molecule has 0 unspecified atom stereocenters. The zero-order chi connectivity index (χ0) is 19.7. The van der Waals surface area contributed by atoms with Crippen molar-refractivity contribution in [1.29, 1.82) is 0 Å². The van der Waals surface area contributed by atoms with Gasteiger partial charge in [-0.2, -0.15) is 0 Å². The number of carbonyl (C=O) groups is 3. The summed E-state index contributed by atoms with van der Waals surface area (Å²) in [5, 5.41) is 2.55. The average molecular weight is 392 g/mol. The van der Waals surface area contributed by atoms with Crippen LogP contribution in [0.2, 0.25) is 5.02 Å². The molecule has 1 aliphatic rings. The standard InChI is InChI=1S/C22H14ClNO4/c23-19-17(24-22(27)28-12-13-6-2-1-3-7-13)11-10-16-18(19)21(26)15-9-5-4-8-14(15)20(16)25/h1-11H,12H2,(H,24,27). The second kappa shape index (κ2) is 7.29. The molecular weight excluding hydrogens is 378 g/mol. The highest BCUT2D eigenvalue weighted by Gasteiger charge is 2.32. The van der Waals surface area contributed by atoms with Gasteiger partial charge in [0.2, 0.25) is 0 Å². The van der Waals surface area contributed by atoms with Crippen molar-refractivity contribution in [2.45, 2.75) is 6.61 Å². The number of fused-ring (bicyclic) bond motifs is 2. The zero-order valence-corrected chi connectivity index (χ0v) is 15.3. The molecule has 1 aliphatic carbocycles. The van der Waals surface area contributed by atoms with Crippen LogP contribution < -0.4 is 5.32 Å². The first-order valence-corrected chi connectivity index (χ1v) is 8.92. The van der Waals surface area contributed by atoms with Crippen molar-refractivity contribution >= 4 is 34.9 Å². The summed E-state index contributed by atoms with van der Waals surface area (Å²) in [7, 11) is 0. The third kappa shape index (κ3) is 3.17. The molecule has 0 spiro atoms. The third-order valence-corrected chi connectivity index (χ3v) is 4.87. The molecule has 1 amide bonds. The van der Waals surface area contributed by atoms with Crippen LogP contribution in [-0.2, 0) is 11.3 Å². The molecule has 0 atom stereocenters. The fourth-order valence-corrected chi connectivity index (χ4v) is 3.41. The Kier molecular flexibility index (Phi) is 4.67. The number of hydrogen-bond donors (Lipinski definition) is 1. The van der Waals surface area contributed by atoms with Gasteiger partial charge in [-0.25, -0.2) is 4.79 Å². The Balaban J connectivity index is 1.58. The summed E-state index contributed by atoms with van der Waals surface area (Å²) in [5.74, 6) is -0.623. The van der Waals surface area contributed by atoms with Crippen molar-refractivity contribution in [2.24, 2.45) is 0 Å². The predicted octanol–water partition coefficient (Wildman–Crippen LogP) is 4.86. The van der Waals surface area contributed by atoms with E-state index in [-0.39, 0.29) is 40.0 Å². The normalized spacial score (nSPS) is 12.2. The molecule has 4 rings (SSSR count). The third-order valence-electron chi connectivity index (χ3n) is 4.48. The molecule has 1 N–H and O–H groups in total. The molecule has 0 heterocycles. The van der Waals surface area contributed by atoms with Crippen molar-refractivity contribution in [3.63, 3.8) is 0 Å². The summed E-state index contributed by atoms with van der Waals surface area (Å²) in [4.78, 5) is 37.6. The Morgan fingerprint density at radius 3 is 2.18 bits per heavy atom. The molecule has 0 saturated heterocycles. The highest BCUT2D eigenvalue weighted by molar-refractivity contribution is 6.41. The second-order valence-corrected chi connectivity index (χ2v) is 6.62. The minimum Gasteiger partial charge on any atom is -0.444 e. The van der Waals surface area contributed by atoms with Crippen molar-refractivity contribution in [2.75, 3.05) is 5.32 Å². The monoisotopic (exact) mass is 391 g/mol. The number of ketones is 2. The molecule has 0 aromatic heterocycles. The molecule has 0 aliphatic heterocycles. The second-order valence-electron chi connectivity index (χ2n) is 6.24. The molecule has 0 saturated carbocycles. The van der Waals surface area contributed by atoms with Gasteiger partial charge >= 0.3 is 6.09 Å². The number of amides is 1. The maximum Gasteiger partial charge on any atom is 0.412 e. The number of carbonyl (C=O) groups excluding carboxylic acids is 3. The summed E-state index contributed by atoms with van der Waals surface area (Å²) in [6.07, 6.45) is -0.708. The molecule has 3 aromatic carbocycles. The molecule has 3 aromatic rings. The molecule has 0 radical (unpaired) electrons. The van der Waals surface area contributed by atoms with E-state index in [0.717, 1.165) is 5.56 Å². The molecule has 0 bridgehead atoms. The molecule has 6 heteroatoms. The lowest BCUT2D eigenvalue weighted by molar-refractivity contribution is 0.0979. The Morgan fingerprint density at radius 1 is 0.821 bits per heavy atom. The number of halogens is 1. The number of hydrogen-bond acceptors (Lipinski definition) is 4. The van der Waals surface area contributed by atoms with Crippen LogP contribution in [0.3, 0.4) is 0 Å². The van der Waals surface area contributed by atoms with E-state index in [2.05, 4.69) is 5.32 Å². The lowest BCUT2D eigenvalue weighted by Gasteiger charge is -2.20. The Bertz CT molecular complexity index is 1110. The van der Waals surface area contributed by atoms with E-state index < -0.39 is 6.09 Å². The highest BCUT2D eigenvalue weighted by atomic mass is 35.5. The maximum atomic E-state index is 12.8. The van der Waals surface area contributed by atoms with Crippen LogP contribution in [0.5, 0.6) is 0 Å². The van der Waals surface area contributed by atoms with Gasteiger partial charge in [0, 0.05) is 16.7 Å². The van der Waals surface area contributed by atoms with E-state index in [9.17, 15) is 14.4 Å². The van der Waals surface area contributed by atoms with E-state index in [1.54, 1.807) is 24.3 Å². The highest BCUT2D eigenvalue weighted by Crippen LogP contribution is 2.36. The van der Waals surface area contributed by atoms with Crippen molar-refractivity contribution < 1.29 is 19.1 Å². The molecular formula is C22H14ClNO4. The fraction of sp³-hybridized carbons (Fsp3) is 0.0455. The summed E-state index contributed by atoms with van der Waals surface area (Å²) < 4.78 is 5.17. The van der Waals surface area contributed by atoms with E-state index in [1.165, 1.54) is 12.1 Å². The van der Waals surface area contributed by atoms with Crippen LogP contribution in [0.1, 0.15) is 37.4 Å². The van der Waals surface area contributed by atoms with Crippen LogP contribution in [0.25, 0.3) is 0 Å². The number of anilines is 1.